The average molecular weight is 851 g/mol. The summed E-state index contributed by atoms with van der Waals surface area (Å²) in [6.45, 7) is 1.86. The molecule has 1 aliphatic rings. The highest BCUT2D eigenvalue weighted by molar-refractivity contribution is 14.1. The zero-order chi connectivity index (χ0) is 38.1. The molecular formula is C38H43IN8O5S. The molecule has 0 bridgehead atoms. The van der Waals surface area contributed by atoms with Gasteiger partial charge in [-0.25, -0.2) is 0 Å². The van der Waals surface area contributed by atoms with E-state index in [1.807, 2.05) is 78.2 Å². The number of halogens is 1. The second-order valence-corrected chi connectivity index (χ2v) is 15.1. The van der Waals surface area contributed by atoms with Crippen LogP contribution in [-0.4, -0.2) is 71.1 Å². The Hall–Kier alpha value is -5.03. The maximum atomic E-state index is 14.1. The molecule has 0 fully saturated rings. The van der Waals surface area contributed by atoms with E-state index in [0.717, 1.165) is 35.9 Å². The minimum atomic E-state index is -1.14. The molecule has 13 nitrogen and oxygen atoms in total. The van der Waals surface area contributed by atoms with Crippen LogP contribution in [0, 0.1) is 3.57 Å². The number of nitrogens with one attached hydrogen (secondary N) is 3. The van der Waals surface area contributed by atoms with Crippen LogP contribution in [0.3, 0.4) is 0 Å². The van der Waals surface area contributed by atoms with Gasteiger partial charge in [-0.2, -0.15) is 0 Å². The van der Waals surface area contributed by atoms with Crippen molar-refractivity contribution in [3.8, 4) is 0 Å². The van der Waals surface area contributed by atoms with Gasteiger partial charge in [0.15, 0.2) is 5.96 Å². The van der Waals surface area contributed by atoms with Crippen LogP contribution in [0.4, 0.5) is 0 Å². The first kappa shape index (κ1) is 39.2. The van der Waals surface area contributed by atoms with Crippen molar-refractivity contribution in [2.45, 2.75) is 69.7 Å². The van der Waals surface area contributed by atoms with E-state index in [2.05, 4.69) is 43.5 Å². The number of carbonyl (C=O) groups excluding carboxylic acids is 5. The Morgan fingerprint density at radius 1 is 0.849 bits per heavy atom. The molecule has 4 atom stereocenters. The number of benzene rings is 3. The molecule has 0 saturated carbocycles. The summed E-state index contributed by atoms with van der Waals surface area (Å²) in [7, 11) is 0. The van der Waals surface area contributed by atoms with Gasteiger partial charge in [-0.05, 0) is 86.7 Å². The lowest BCUT2D eigenvalue weighted by atomic mass is 9.93. The summed E-state index contributed by atoms with van der Waals surface area (Å²) < 4.78 is 2.03. The zero-order valence-electron chi connectivity index (χ0n) is 29.2. The predicted octanol–water partition coefficient (Wildman–Crippen LogP) is 2.26. The minimum absolute atomic E-state index is 0.0908. The van der Waals surface area contributed by atoms with Crippen molar-refractivity contribution in [3.05, 3.63) is 104 Å². The highest BCUT2D eigenvalue weighted by atomic mass is 127. The molecule has 1 aliphatic heterocycles. The van der Waals surface area contributed by atoms with Gasteiger partial charge >= 0.3 is 0 Å². The standard InChI is InChI=1S/C38H43IN8O5S/c1-22(48)47-20-25-8-3-2-7-24(25)19-32(47)37(52)44-29(10-6-16-43-38(41)42)35(50)46-31(17-23-12-14-27(39)15-13-23)36(51)45-30(34(40)49)18-26-21-53-33-11-5-4-9-28(26)33/h2-5,7-9,11-15,21,29-32H,6,10,16-20H2,1H3,(H2,40,49)(H,44,52)(H,45,51)(H,46,50)(H4,41,42,43)/t29-,30-,31+,32-/m0/s1. The van der Waals surface area contributed by atoms with Crippen molar-refractivity contribution < 1.29 is 24.0 Å². The fourth-order valence-corrected chi connectivity index (χ4v) is 7.71. The molecule has 5 amide bonds. The topological polar surface area (TPSA) is 215 Å². The summed E-state index contributed by atoms with van der Waals surface area (Å²) in [5.41, 5.74) is 20.3. The lowest BCUT2D eigenvalue weighted by Gasteiger charge is -2.36. The highest BCUT2D eigenvalue weighted by Crippen LogP contribution is 2.27. The fourth-order valence-electron chi connectivity index (χ4n) is 6.37. The van der Waals surface area contributed by atoms with Crippen molar-refractivity contribution in [1.29, 1.82) is 0 Å². The lowest BCUT2D eigenvalue weighted by Crippen LogP contribution is -2.59. The molecule has 2 heterocycles. The van der Waals surface area contributed by atoms with Gasteiger partial charge in [0, 0.05) is 47.5 Å². The van der Waals surface area contributed by atoms with Crippen LogP contribution in [0.25, 0.3) is 10.1 Å². The summed E-state index contributed by atoms with van der Waals surface area (Å²) in [6.07, 6.45) is 0.983. The number of fused-ring (bicyclic) bond motifs is 2. The van der Waals surface area contributed by atoms with E-state index in [0.29, 0.717) is 6.42 Å². The third kappa shape index (κ3) is 10.5. The Labute approximate surface area is 325 Å². The monoisotopic (exact) mass is 850 g/mol. The van der Waals surface area contributed by atoms with Crippen LogP contribution >= 0.6 is 33.9 Å². The van der Waals surface area contributed by atoms with Gasteiger partial charge in [-0.1, -0.05) is 54.6 Å². The van der Waals surface area contributed by atoms with Crippen LogP contribution in [-0.2, 0) is 49.8 Å². The summed E-state index contributed by atoms with van der Waals surface area (Å²) in [5, 5.41) is 11.4. The number of hydrogen-bond acceptors (Lipinski definition) is 7. The van der Waals surface area contributed by atoms with E-state index in [9.17, 15) is 24.0 Å². The second kappa shape index (κ2) is 18.1. The molecule has 15 heteroatoms. The van der Waals surface area contributed by atoms with Gasteiger partial charge in [0.1, 0.15) is 24.2 Å². The van der Waals surface area contributed by atoms with E-state index in [1.165, 1.54) is 23.2 Å². The molecule has 53 heavy (non-hydrogen) atoms. The van der Waals surface area contributed by atoms with Gasteiger partial charge in [0.25, 0.3) is 0 Å². The van der Waals surface area contributed by atoms with E-state index >= 15 is 0 Å². The second-order valence-electron chi connectivity index (χ2n) is 13.0. The van der Waals surface area contributed by atoms with E-state index in [4.69, 9.17) is 17.2 Å². The Kier molecular flexibility index (Phi) is 13.4. The molecule has 0 spiro atoms. The maximum Gasteiger partial charge on any atom is 0.243 e. The number of guanidine groups is 1. The number of primary amides is 1. The van der Waals surface area contributed by atoms with Crippen molar-refractivity contribution in [2.24, 2.45) is 22.2 Å². The average Bonchev–Trinajstić information content (AvgIpc) is 3.54. The third-order valence-electron chi connectivity index (χ3n) is 9.17. The van der Waals surface area contributed by atoms with Crippen LogP contribution in [0.15, 0.2) is 83.2 Å². The molecule has 278 valence electrons. The Morgan fingerprint density at radius 3 is 2.21 bits per heavy atom. The van der Waals surface area contributed by atoms with Crippen molar-refractivity contribution in [1.82, 2.24) is 20.9 Å². The largest absolute Gasteiger partial charge is 0.370 e. The third-order valence-corrected chi connectivity index (χ3v) is 10.9. The molecule has 1 aromatic heterocycles. The van der Waals surface area contributed by atoms with Gasteiger partial charge in [-0.3, -0.25) is 29.0 Å². The number of nitrogens with two attached hydrogens (primary N) is 3. The van der Waals surface area contributed by atoms with Crippen molar-refractivity contribution in [2.75, 3.05) is 6.54 Å². The lowest BCUT2D eigenvalue weighted by molar-refractivity contribution is -0.141. The van der Waals surface area contributed by atoms with Crippen LogP contribution in [0.5, 0.6) is 0 Å². The zero-order valence-corrected chi connectivity index (χ0v) is 32.2. The first-order valence-electron chi connectivity index (χ1n) is 17.2. The number of carbonyl (C=O) groups is 5. The van der Waals surface area contributed by atoms with Crippen LogP contribution < -0.4 is 33.2 Å². The molecule has 5 rings (SSSR count). The van der Waals surface area contributed by atoms with Gasteiger partial charge in [-0.15, -0.1) is 11.3 Å². The minimum Gasteiger partial charge on any atom is -0.370 e. The normalized spacial score (nSPS) is 15.4. The van der Waals surface area contributed by atoms with E-state index < -0.39 is 47.8 Å². The molecule has 0 unspecified atom stereocenters. The van der Waals surface area contributed by atoms with Crippen LogP contribution in [0.1, 0.15) is 42.0 Å². The predicted molar refractivity (Wildman–Crippen MR) is 213 cm³/mol. The molecule has 3 aromatic carbocycles. The fraction of sp³-hybridized carbons (Fsp3) is 0.316. The number of thiophene rings is 1. The summed E-state index contributed by atoms with van der Waals surface area (Å²) in [5.74, 6) is -2.85. The molecule has 0 radical (unpaired) electrons. The van der Waals surface area contributed by atoms with E-state index in [-0.39, 0.29) is 50.6 Å². The number of aliphatic imine (C=N–C) groups is 1. The van der Waals surface area contributed by atoms with Crippen LogP contribution in [0.2, 0.25) is 0 Å². The molecular weight excluding hydrogens is 807 g/mol. The summed E-state index contributed by atoms with van der Waals surface area (Å²) >= 11 is 3.71. The van der Waals surface area contributed by atoms with Gasteiger partial charge in [0.05, 0.1) is 0 Å². The smallest absolute Gasteiger partial charge is 0.243 e. The number of amides is 5. The quantitative estimate of drug-likeness (QED) is 0.0454. The van der Waals surface area contributed by atoms with Gasteiger partial charge in [0.2, 0.25) is 29.5 Å². The highest BCUT2D eigenvalue weighted by Gasteiger charge is 2.36. The molecule has 9 N–H and O–H groups in total. The molecule has 0 saturated heterocycles. The van der Waals surface area contributed by atoms with Crippen molar-refractivity contribution in [3.63, 3.8) is 0 Å². The molecule has 4 aromatic rings. The van der Waals surface area contributed by atoms with Crippen molar-refractivity contribution >= 4 is 79.5 Å². The van der Waals surface area contributed by atoms with Gasteiger partial charge < -0.3 is 38.1 Å². The Bertz CT molecular complexity index is 2000. The number of nitrogens with zero attached hydrogens (tertiary/aromatic N) is 2. The van der Waals surface area contributed by atoms with E-state index in [1.54, 1.807) is 0 Å². The SMILES string of the molecule is CC(=O)N1Cc2ccccc2C[C@H]1C(=O)N[C@@H](CCCN=C(N)N)C(=O)N[C@H](Cc1ccc(I)cc1)C(=O)N[C@@H](Cc1csc2ccccc12)C(N)=O. The first-order chi connectivity index (χ1) is 25.4. The summed E-state index contributed by atoms with van der Waals surface area (Å²) in [6, 6.07) is 18.7. The Balaban J connectivity index is 1.38. The molecule has 0 aliphatic carbocycles. The number of hydrogen-bond donors (Lipinski definition) is 6. The number of rotatable bonds is 15. The first-order valence-corrected chi connectivity index (χ1v) is 19.1. The Morgan fingerprint density at radius 2 is 1.51 bits per heavy atom. The summed E-state index contributed by atoms with van der Waals surface area (Å²) in [4.78, 5) is 72.9. The maximum absolute atomic E-state index is 14.1.